The number of halogens is 1. The molecule has 108 valence electrons. The Bertz CT molecular complexity index is 723. The van der Waals surface area contributed by atoms with Crippen molar-refractivity contribution in [1.82, 2.24) is 14.9 Å². The molecule has 0 unspecified atom stereocenters. The Balaban J connectivity index is 1.77. The van der Waals surface area contributed by atoms with Crippen molar-refractivity contribution in [3.8, 4) is 0 Å². The molecule has 0 radical (unpaired) electrons. The second-order valence-electron chi connectivity index (χ2n) is 5.25. The lowest BCUT2D eigenvalue weighted by atomic mass is 10.2. The first-order valence-electron chi connectivity index (χ1n) is 6.69. The highest BCUT2D eigenvalue weighted by atomic mass is 35.5. The van der Waals surface area contributed by atoms with Gasteiger partial charge in [-0.25, -0.2) is 4.68 Å². The highest BCUT2D eigenvalue weighted by molar-refractivity contribution is 8.07. The molecule has 2 aliphatic heterocycles. The van der Waals surface area contributed by atoms with Gasteiger partial charge in [-0.05, 0) is 29.5 Å². The fraction of sp³-hybridized carbons (Fsp3) is 0.286. The van der Waals surface area contributed by atoms with Crippen LogP contribution < -0.4 is 5.01 Å². The number of hydrogen-bond acceptors (Lipinski definition) is 5. The molecular formula is C14H13ClN4S2. The van der Waals surface area contributed by atoms with Crippen LogP contribution in [-0.2, 0) is 0 Å². The van der Waals surface area contributed by atoms with Crippen LogP contribution in [0.5, 0.6) is 0 Å². The van der Waals surface area contributed by atoms with Crippen molar-refractivity contribution < 1.29 is 0 Å². The molecule has 4 nitrogen and oxygen atoms in total. The first-order valence-corrected chi connectivity index (χ1v) is 8.82. The zero-order valence-corrected chi connectivity index (χ0v) is 13.9. The molecule has 0 N–H and O–H groups in total. The van der Waals surface area contributed by atoms with Gasteiger partial charge in [0.25, 0.3) is 0 Å². The van der Waals surface area contributed by atoms with Crippen LogP contribution in [0.1, 0.15) is 36.5 Å². The minimum atomic E-state index is 0.208. The summed E-state index contributed by atoms with van der Waals surface area (Å²) in [7, 11) is 0. The molecule has 0 amide bonds. The molecule has 0 spiro atoms. The number of rotatable bonds is 2. The van der Waals surface area contributed by atoms with Gasteiger partial charge in [0.2, 0.25) is 5.16 Å². The van der Waals surface area contributed by atoms with E-state index in [1.165, 1.54) is 10.6 Å². The van der Waals surface area contributed by atoms with Crippen molar-refractivity contribution in [3.63, 3.8) is 0 Å². The summed E-state index contributed by atoms with van der Waals surface area (Å²) in [5.74, 6) is 1.34. The maximum atomic E-state index is 6.00. The number of nitrogens with zero attached hydrogens (tertiary/aromatic N) is 4. The molecular weight excluding hydrogens is 324 g/mol. The SMILES string of the molecule is CC(C)c1nnc2n1N1C(=CS[C@H]1c1ccc(Cl)cc1)S2. The summed E-state index contributed by atoms with van der Waals surface area (Å²) in [4.78, 5) is 0. The first-order chi connectivity index (χ1) is 10.1. The van der Waals surface area contributed by atoms with Gasteiger partial charge in [-0.2, -0.15) is 0 Å². The summed E-state index contributed by atoms with van der Waals surface area (Å²) in [6.07, 6.45) is 0. The van der Waals surface area contributed by atoms with Gasteiger partial charge in [-0.1, -0.05) is 49.3 Å². The number of fused-ring (bicyclic) bond motifs is 3. The molecule has 2 aromatic rings. The summed E-state index contributed by atoms with van der Waals surface area (Å²) in [6.45, 7) is 4.29. The van der Waals surface area contributed by atoms with E-state index in [1.807, 2.05) is 12.1 Å². The predicted molar refractivity (Wildman–Crippen MR) is 88.1 cm³/mol. The molecule has 1 aromatic heterocycles. The van der Waals surface area contributed by atoms with Crippen molar-refractivity contribution >= 4 is 35.1 Å². The highest BCUT2D eigenvalue weighted by Gasteiger charge is 2.39. The van der Waals surface area contributed by atoms with E-state index in [0.29, 0.717) is 5.92 Å². The lowest BCUT2D eigenvalue weighted by molar-refractivity contribution is 0.582. The number of hydrogen-bond donors (Lipinski definition) is 0. The van der Waals surface area contributed by atoms with E-state index in [-0.39, 0.29) is 5.37 Å². The van der Waals surface area contributed by atoms with Gasteiger partial charge in [0.15, 0.2) is 5.82 Å². The second-order valence-corrected chi connectivity index (χ2v) is 7.63. The lowest BCUT2D eigenvalue weighted by Crippen LogP contribution is -2.31. The smallest absolute Gasteiger partial charge is 0.216 e. The summed E-state index contributed by atoms with van der Waals surface area (Å²) in [5.41, 5.74) is 1.23. The molecule has 21 heavy (non-hydrogen) atoms. The molecule has 0 saturated heterocycles. The van der Waals surface area contributed by atoms with Crippen molar-refractivity contribution in [2.24, 2.45) is 0 Å². The maximum absolute atomic E-state index is 6.00. The Morgan fingerprint density at radius 2 is 1.95 bits per heavy atom. The molecule has 0 saturated carbocycles. The van der Waals surface area contributed by atoms with Gasteiger partial charge in [0, 0.05) is 16.3 Å². The lowest BCUT2D eigenvalue weighted by Gasteiger charge is -2.26. The molecule has 2 aliphatic rings. The van der Waals surface area contributed by atoms with Gasteiger partial charge in [-0.15, -0.1) is 10.2 Å². The van der Waals surface area contributed by atoms with Crippen molar-refractivity contribution in [2.45, 2.75) is 30.3 Å². The maximum Gasteiger partial charge on any atom is 0.216 e. The van der Waals surface area contributed by atoms with Crippen LogP contribution in [0.4, 0.5) is 0 Å². The average molecular weight is 337 g/mol. The van der Waals surface area contributed by atoms with Crippen LogP contribution in [0.2, 0.25) is 5.02 Å². The van der Waals surface area contributed by atoms with Gasteiger partial charge >= 0.3 is 0 Å². The Hall–Kier alpha value is -1.11. The molecule has 4 rings (SSSR count). The van der Waals surface area contributed by atoms with E-state index in [9.17, 15) is 0 Å². The Kier molecular flexibility index (Phi) is 3.20. The Labute approximate surface area is 136 Å². The van der Waals surface area contributed by atoms with E-state index in [0.717, 1.165) is 16.0 Å². The minimum Gasteiger partial charge on any atom is -0.252 e. The molecule has 0 bridgehead atoms. The monoisotopic (exact) mass is 336 g/mol. The average Bonchev–Trinajstić information content (AvgIpc) is 3.09. The highest BCUT2D eigenvalue weighted by Crippen LogP contribution is 2.51. The van der Waals surface area contributed by atoms with E-state index in [4.69, 9.17) is 11.6 Å². The van der Waals surface area contributed by atoms with Gasteiger partial charge in [-0.3, -0.25) is 5.01 Å². The van der Waals surface area contributed by atoms with E-state index in [2.05, 4.69) is 51.3 Å². The normalized spacial score (nSPS) is 19.9. The van der Waals surface area contributed by atoms with Crippen LogP contribution in [0.3, 0.4) is 0 Å². The van der Waals surface area contributed by atoms with Crippen LogP contribution >= 0.6 is 35.1 Å². The summed E-state index contributed by atoms with van der Waals surface area (Å²) < 4.78 is 2.15. The third-order valence-electron chi connectivity index (χ3n) is 3.46. The number of aromatic nitrogens is 3. The third-order valence-corrected chi connectivity index (χ3v) is 5.91. The summed E-state index contributed by atoms with van der Waals surface area (Å²) in [5, 5.41) is 16.3. The van der Waals surface area contributed by atoms with Crippen molar-refractivity contribution in [2.75, 3.05) is 5.01 Å². The van der Waals surface area contributed by atoms with E-state index >= 15 is 0 Å². The Morgan fingerprint density at radius 1 is 1.19 bits per heavy atom. The van der Waals surface area contributed by atoms with Gasteiger partial charge in [0.05, 0.1) is 0 Å². The fourth-order valence-corrected chi connectivity index (χ4v) is 4.83. The number of benzene rings is 1. The molecule has 3 heterocycles. The van der Waals surface area contributed by atoms with E-state index < -0.39 is 0 Å². The summed E-state index contributed by atoms with van der Waals surface area (Å²) in [6, 6.07) is 8.04. The molecule has 1 aromatic carbocycles. The van der Waals surface area contributed by atoms with Crippen LogP contribution in [0.15, 0.2) is 39.9 Å². The molecule has 0 fully saturated rings. The number of thioether (sulfide) groups is 2. The largest absolute Gasteiger partial charge is 0.252 e. The third kappa shape index (κ3) is 2.08. The fourth-order valence-electron chi connectivity index (χ4n) is 2.47. The zero-order valence-electron chi connectivity index (χ0n) is 11.5. The van der Waals surface area contributed by atoms with Crippen LogP contribution in [0.25, 0.3) is 0 Å². The molecule has 7 heteroatoms. The quantitative estimate of drug-likeness (QED) is 0.814. The van der Waals surface area contributed by atoms with E-state index in [1.54, 1.807) is 23.5 Å². The predicted octanol–water partition coefficient (Wildman–Crippen LogP) is 4.34. The standard InChI is InChI=1S/C14H13ClN4S2/c1-8(2)12-16-17-14-19(12)18-11(21-14)7-20-13(18)9-3-5-10(15)6-4-9/h3-8,13H,1-2H3/t13-/m0/s1. The van der Waals surface area contributed by atoms with Crippen molar-refractivity contribution in [1.29, 1.82) is 0 Å². The Morgan fingerprint density at radius 3 is 2.67 bits per heavy atom. The summed E-state index contributed by atoms with van der Waals surface area (Å²) >= 11 is 9.48. The first kappa shape index (κ1) is 13.5. The van der Waals surface area contributed by atoms with Gasteiger partial charge in [0.1, 0.15) is 10.4 Å². The molecule has 1 atom stereocenters. The molecule has 0 aliphatic carbocycles. The van der Waals surface area contributed by atoms with Gasteiger partial charge < -0.3 is 0 Å². The minimum absolute atomic E-state index is 0.208. The zero-order chi connectivity index (χ0) is 14.6. The van der Waals surface area contributed by atoms with Crippen LogP contribution in [-0.4, -0.2) is 14.9 Å². The van der Waals surface area contributed by atoms with Crippen molar-refractivity contribution in [3.05, 3.63) is 51.1 Å². The topological polar surface area (TPSA) is 34.0 Å². The second kappa shape index (κ2) is 4.97. The van der Waals surface area contributed by atoms with Crippen LogP contribution in [0, 0.1) is 0 Å².